The molecule has 0 bridgehead atoms. The first kappa shape index (κ1) is 15.9. The van der Waals surface area contributed by atoms with Crippen molar-refractivity contribution in [2.75, 3.05) is 33.3 Å². The first-order chi connectivity index (χ1) is 9.08. The summed E-state index contributed by atoms with van der Waals surface area (Å²) in [4.78, 5) is 25.4. The van der Waals surface area contributed by atoms with Crippen LogP contribution >= 0.6 is 0 Å². The Morgan fingerprint density at radius 1 is 1.53 bits per heavy atom. The van der Waals surface area contributed by atoms with Gasteiger partial charge in [-0.3, -0.25) is 14.5 Å². The molecule has 1 fully saturated rings. The van der Waals surface area contributed by atoms with Gasteiger partial charge in [-0.05, 0) is 26.3 Å². The molecule has 0 saturated carbocycles. The quantitative estimate of drug-likeness (QED) is 0.649. The number of nitrogens with zero attached hydrogens (tertiary/aromatic N) is 1. The van der Waals surface area contributed by atoms with E-state index in [-0.39, 0.29) is 23.8 Å². The van der Waals surface area contributed by atoms with E-state index in [2.05, 4.69) is 15.0 Å². The highest BCUT2D eigenvalue weighted by Crippen LogP contribution is 2.20. The molecule has 2 unspecified atom stereocenters. The van der Waals surface area contributed by atoms with Crippen molar-refractivity contribution in [2.24, 2.45) is 11.7 Å². The number of carbonyl (C=O) groups excluding carboxylic acids is 2. The van der Waals surface area contributed by atoms with Gasteiger partial charge in [-0.15, -0.1) is 0 Å². The summed E-state index contributed by atoms with van der Waals surface area (Å²) in [5, 5.41) is 2.83. The molecule has 2 atom stereocenters. The van der Waals surface area contributed by atoms with Crippen molar-refractivity contribution in [1.29, 1.82) is 0 Å². The van der Waals surface area contributed by atoms with Crippen LogP contribution in [0.4, 0.5) is 0 Å². The molecule has 0 aromatic carbocycles. The van der Waals surface area contributed by atoms with Crippen LogP contribution in [0.1, 0.15) is 26.2 Å². The van der Waals surface area contributed by atoms with Crippen molar-refractivity contribution in [3.63, 3.8) is 0 Å². The van der Waals surface area contributed by atoms with E-state index >= 15 is 0 Å². The Kier molecular flexibility index (Phi) is 6.80. The van der Waals surface area contributed by atoms with Crippen LogP contribution in [0.25, 0.3) is 0 Å². The fourth-order valence-electron chi connectivity index (χ4n) is 2.41. The third kappa shape index (κ3) is 5.16. The average Bonchev–Trinajstić information content (AvgIpc) is 2.44. The molecule has 0 aliphatic carbocycles. The van der Waals surface area contributed by atoms with Crippen LogP contribution in [-0.4, -0.2) is 56.1 Å². The summed E-state index contributed by atoms with van der Waals surface area (Å²) in [5.41, 5.74) is 5.38. The second-order valence-corrected chi connectivity index (χ2v) is 5.04. The van der Waals surface area contributed by atoms with Gasteiger partial charge >= 0.3 is 5.97 Å². The topological polar surface area (TPSA) is 84.7 Å². The minimum atomic E-state index is -0.206. The summed E-state index contributed by atoms with van der Waals surface area (Å²) in [6, 6.07) is 0.109. The lowest BCUT2D eigenvalue weighted by atomic mass is 9.95. The summed E-state index contributed by atoms with van der Waals surface area (Å²) in [6.45, 7) is 4.61. The number of hydrogen-bond donors (Lipinski definition) is 2. The lowest BCUT2D eigenvalue weighted by Gasteiger charge is -2.35. The van der Waals surface area contributed by atoms with E-state index in [4.69, 9.17) is 5.73 Å². The van der Waals surface area contributed by atoms with Crippen molar-refractivity contribution >= 4 is 11.9 Å². The van der Waals surface area contributed by atoms with E-state index in [9.17, 15) is 9.59 Å². The van der Waals surface area contributed by atoms with Crippen LogP contribution in [0, 0.1) is 5.92 Å². The van der Waals surface area contributed by atoms with Gasteiger partial charge < -0.3 is 15.8 Å². The molecule has 0 spiro atoms. The number of piperidine rings is 1. The first-order valence-electron chi connectivity index (χ1n) is 6.87. The fraction of sp³-hybridized carbons (Fsp3) is 0.846. The standard InChI is InChI=1S/C13H25N3O3/c1-10(8-12(17)19-2)16-7-3-4-11(9-16)13(18)15-6-5-14/h10-11H,3-9,14H2,1-2H3,(H,15,18). The lowest BCUT2D eigenvalue weighted by Crippen LogP contribution is -2.47. The third-order valence-electron chi connectivity index (χ3n) is 3.58. The highest BCUT2D eigenvalue weighted by Gasteiger charge is 2.28. The van der Waals surface area contributed by atoms with Gasteiger partial charge in [-0.2, -0.15) is 0 Å². The van der Waals surface area contributed by atoms with Crippen LogP contribution in [-0.2, 0) is 14.3 Å². The number of methoxy groups -OCH3 is 1. The number of nitrogens with one attached hydrogen (secondary N) is 1. The maximum Gasteiger partial charge on any atom is 0.307 e. The van der Waals surface area contributed by atoms with E-state index in [1.165, 1.54) is 7.11 Å². The highest BCUT2D eigenvalue weighted by atomic mass is 16.5. The first-order valence-corrected chi connectivity index (χ1v) is 6.87. The Morgan fingerprint density at radius 3 is 2.89 bits per heavy atom. The number of carbonyl (C=O) groups is 2. The Bertz CT molecular complexity index is 310. The van der Waals surface area contributed by atoms with Crippen molar-refractivity contribution in [3.8, 4) is 0 Å². The molecular formula is C13H25N3O3. The third-order valence-corrected chi connectivity index (χ3v) is 3.58. The minimum absolute atomic E-state index is 0.000368. The molecule has 19 heavy (non-hydrogen) atoms. The van der Waals surface area contributed by atoms with Crippen molar-refractivity contribution in [2.45, 2.75) is 32.2 Å². The highest BCUT2D eigenvalue weighted by molar-refractivity contribution is 5.79. The van der Waals surface area contributed by atoms with Gasteiger partial charge in [0.05, 0.1) is 19.4 Å². The fourth-order valence-corrected chi connectivity index (χ4v) is 2.41. The van der Waals surface area contributed by atoms with E-state index < -0.39 is 0 Å². The molecule has 0 aromatic heterocycles. The van der Waals surface area contributed by atoms with Gasteiger partial charge in [-0.1, -0.05) is 0 Å². The van der Waals surface area contributed by atoms with Crippen LogP contribution < -0.4 is 11.1 Å². The van der Waals surface area contributed by atoms with E-state index in [1.54, 1.807) is 0 Å². The summed E-state index contributed by atoms with van der Waals surface area (Å²) in [7, 11) is 1.40. The van der Waals surface area contributed by atoms with Crippen molar-refractivity contribution in [1.82, 2.24) is 10.2 Å². The molecule has 0 radical (unpaired) electrons. The van der Waals surface area contributed by atoms with Gasteiger partial charge in [0.15, 0.2) is 0 Å². The van der Waals surface area contributed by atoms with Crippen LogP contribution in [0.3, 0.4) is 0 Å². The zero-order valence-electron chi connectivity index (χ0n) is 11.9. The maximum absolute atomic E-state index is 11.9. The predicted molar refractivity (Wildman–Crippen MR) is 72.5 cm³/mol. The summed E-state index contributed by atoms with van der Waals surface area (Å²) < 4.78 is 4.68. The molecule has 6 heteroatoms. The van der Waals surface area contributed by atoms with Gasteiger partial charge in [-0.25, -0.2) is 0 Å². The Hall–Kier alpha value is -1.14. The maximum atomic E-state index is 11.9. The Balaban J connectivity index is 2.44. The van der Waals surface area contributed by atoms with Gasteiger partial charge in [0.2, 0.25) is 5.91 Å². The van der Waals surface area contributed by atoms with E-state index in [1.807, 2.05) is 6.92 Å². The zero-order valence-corrected chi connectivity index (χ0v) is 11.9. The molecule has 1 saturated heterocycles. The molecule has 3 N–H and O–H groups in total. The normalized spacial score (nSPS) is 21.7. The second-order valence-electron chi connectivity index (χ2n) is 5.04. The molecule has 1 rings (SSSR count). The Morgan fingerprint density at radius 2 is 2.26 bits per heavy atom. The zero-order chi connectivity index (χ0) is 14.3. The largest absolute Gasteiger partial charge is 0.469 e. The van der Waals surface area contributed by atoms with E-state index in [0.717, 1.165) is 19.4 Å². The van der Waals surface area contributed by atoms with Gasteiger partial charge in [0, 0.05) is 25.7 Å². The van der Waals surface area contributed by atoms with Crippen molar-refractivity contribution < 1.29 is 14.3 Å². The molecule has 1 aliphatic rings. The molecule has 0 aromatic rings. The molecule has 1 heterocycles. The van der Waals surface area contributed by atoms with Gasteiger partial charge in [0.25, 0.3) is 0 Å². The molecule has 110 valence electrons. The van der Waals surface area contributed by atoms with E-state index in [0.29, 0.717) is 26.1 Å². The monoisotopic (exact) mass is 271 g/mol. The van der Waals surface area contributed by atoms with Crippen LogP contribution in [0.2, 0.25) is 0 Å². The number of esters is 1. The van der Waals surface area contributed by atoms with Crippen LogP contribution in [0.15, 0.2) is 0 Å². The molecule has 6 nitrogen and oxygen atoms in total. The predicted octanol–water partition coefficient (Wildman–Crippen LogP) is -0.275. The Labute approximate surface area is 114 Å². The summed E-state index contributed by atoms with van der Waals surface area (Å²) in [5.74, 6) is -0.136. The number of likely N-dealkylation sites (tertiary alicyclic amines) is 1. The lowest BCUT2D eigenvalue weighted by molar-refractivity contribution is -0.142. The molecule has 1 amide bonds. The number of hydrogen-bond acceptors (Lipinski definition) is 5. The number of rotatable bonds is 6. The number of ether oxygens (including phenoxy) is 1. The molecular weight excluding hydrogens is 246 g/mol. The van der Waals surface area contributed by atoms with Crippen LogP contribution in [0.5, 0.6) is 0 Å². The smallest absolute Gasteiger partial charge is 0.307 e. The molecule has 1 aliphatic heterocycles. The SMILES string of the molecule is COC(=O)CC(C)N1CCCC(C(=O)NCCN)C1. The van der Waals surface area contributed by atoms with Crippen molar-refractivity contribution in [3.05, 3.63) is 0 Å². The number of nitrogens with two attached hydrogens (primary N) is 1. The summed E-state index contributed by atoms with van der Waals surface area (Å²) >= 11 is 0. The average molecular weight is 271 g/mol. The summed E-state index contributed by atoms with van der Waals surface area (Å²) in [6.07, 6.45) is 2.25. The van der Waals surface area contributed by atoms with Gasteiger partial charge in [0.1, 0.15) is 0 Å². The second kappa shape index (κ2) is 8.12. The minimum Gasteiger partial charge on any atom is -0.469 e. The number of amides is 1.